The third-order valence-corrected chi connectivity index (χ3v) is 3.36. The molecule has 0 unspecified atom stereocenters. The summed E-state index contributed by atoms with van der Waals surface area (Å²) in [4.78, 5) is 12.0. The van der Waals surface area contributed by atoms with Gasteiger partial charge in [0.15, 0.2) is 0 Å². The summed E-state index contributed by atoms with van der Waals surface area (Å²) < 4.78 is 38.9. The lowest BCUT2D eigenvalue weighted by molar-refractivity contribution is -0.137. The Hall–Kier alpha value is -3.27. The van der Waals surface area contributed by atoms with Crippen LogP contribution in [0.3, 0.4) is 0 Å². The highest BCUT2D eigenvalue weighted by atomic mass is 19.4. The molecular formula is C16H15F3N4O3. The van der Waals surface area contributed by atoms with E-state index < -0.39 is 29.9 Å². The Morgan fingerprint density at radius 3 is 2.50 bits per heavy atom. The lowest BCUT2D eigenvalue weighted by Gasteiger charge is -2.21. The number of nitrogens with two attached hydrogens (primary N) is 1. The van der Waals surface area contributed by atoms with E-state index in [2.05, 4.69) is 5.32 Å². The van der Waals surface area contributed by atoms with Gasteiger partial charge in [-0.15, -0.1) is 0 Å². The second-order valence-electron chi connectivity index (χ2n) is 5.27. The number of halogens is 3. The molecule has 0 aromatic heterocycles. The van der Waals surface area contributed by atoms with Crippen molar-refractivity contribution in [1.82, 2.24) is 0 Å². The second kappa shape index (κ2) is 7.31. The van der Waals surface area contributed by atoms with Crippen LogP contribution in [-0.2, 0) is 11.0 Å². The molecule has 0 aliphatic rings. The van der Waals surface area contributed by atoms with Gasteiger partial charge in [0.2, 0.25) is 5.91 Å². The number of para-hydroxylation sites is 1. The topological polar surface area (TPSA) is 123 Å². The standard InChI is InChI=1S/C16H15F3N4O3/c17-16(18,19)10-3-1-2-4-12(10)23(26)8-14(25)22-11-7-9(15(20)21)5-6-13(11)24/h1-7,24,26H,8H2,(H3,20,21)(H,22,25). The van der Waals surface area contributed by atoms with E-state index in [9.17, 15) is 28.3 Å². The SMILES string of the molecule is N=C(N)c1ccc(O)c(NC(=O)CN(O)c2ccccc2C(F)(F)F)c1. The molecule has 2 aromatic rings. The Balaban J connectivity index is 2.17. The van der Waals surface area contributed by atoms with Crippen LogP contribution in [0.1, 0.15) is 11.1 Å². The molecule has 6 N–H and O–H groups in total. The maximum atomic E-state index is 13.0. The normalized spacial score (nSPS) is 11.1. The molecule has 2 rings (SSSR count). The van der Waals surface area contributed by atoms with Crippen LogP contribution in [0.25, 0.3) is 0 Å². The van der Waals surface area contributed by atoms with Crippen molar-refractivity contribution in [3.05, 3.63) is 53.6 Å². The number of anilines is 2. The molecule has 7 nitrogen and oxygen atoms in total. The molecule has 10 heteroatoms. The number of hydrogen-bond acceptors (Lipinski definition) is 5. The molecule has 138 valence electrons. The molecular weight excluding hydrogens is 353 g/mol. The van der Waals surface area contributed by atoms with E-state index in [4.69, 9.17) is 11.1 Å². The van der Waals surface area contributed by atoms with Crippen LogP contribution in [0, 0.1) is 5.41 Å². The Labute approximate surface area is 145 Å². The average Bonchev–Trinajstić information content (AvgIpc) is 2.55. The number of nitrogens with one attached hydrogen (secondary N) is 2. The Morgan fingerprint density at radius 1 is 1.23 bits per heavy atom. The number of hydroxylamine groups is 1. The van der Waals surface area contributed by atoms with Gasteiger partial charge in [0.1, 0.15) is 18.1 Å². The highest BCUT2D eigenvalue weighted by molar-refractivity contribution is 5.99. The third kappa shape index (κ3) is 4.42. The average molecular weight is 368 g/mol. The highest BCUT2D eigenvalue weighted by Gasteiger charge is 2.34. The van der Waals surface area contributed by atoms with Gasteiger partial charge in [0, 0.05) is 5.56 Å². The number of amidine groups is 1. The number of aromatic hydroxyl groups is 1. The Morgan fingerprint density at radius 2 is 1.88 bits per heavy atom. The maximum Gasteiger partial charge on any atom is 0.418 e. The van der Waals surface area contributed by atoms with Gasteiger partial charge < -0.3 is 16.2 Å². The van der Waals surface area contributed by atoms with Crippen molar-refractivity contribution in [2.24, 2.45) is 5.73 Å². The molecule has 0 atom stereocenters. The molecule has 0 aliphatic carbocycles. The molecule has 0 bridgehead atoms. The van der Waals surface area contributed by atoms with E-state index in [0.29, 0.717) is 0 Å². The predicted octanol–water partition coefficient (Wildman–Crippen LogP) is 2.53. The second-order valence-corrected chi connectivity index (χ2v) is 5.27. The van der Waals surface area contributed by atoms with Crippen LogP contribution in [0.15, 0.2) is 42.5 Å². The van der Waals surface area contributed by atoms with E-state index in [0.717, 1.165) is 18.2 Å². The molecule has 0 radical (unpaired) electrons. The first kappa shape index (κ1) is 19.1. The molecule has 0 heterocycles. The number of nitrogen functional groups attached to an aromatic ring is 1. The fraction of sp³-hybridized carbons (Fsp3) is 0.125. The minimum atomic E-state index is -4.71. The first-order chi connectivity index (χ1) is 12.1. The summed E-state index contributed by atoms with van der Waals surface area (Å²) >= 11 is 0. The van der Waals surface area contributed by atoms with Crippen molar-refractivity contribution in [2.45, 2.75) is 6.18 Å². The first-order valence-electron chi connectivity index (χ1n) is 7.19. The number of hydrogen-bond donors (Lipinski definition) is 5. The smallest absolute Gasteiger partial charge is 0.418 e. The van der Waals surface area contributed by atoms with Gasteiger partial charge in [-0.05, 0) is 30.3 Å². The van der Waals surface area contributed by atoms with Gasteiger partial charge in [-0.2, -0.15) is 13.2 Å². The zero-order valence-electron chi connectivity index (χ0n) is 13.2. The van der Waals surface area contributed by atoms with E-state index >= 15 is 0 Å². The molecule has 2 aromatic carbocycles. The summed E-state index contributed by atoms with van der Waals surface area (Å²) in [6, 6.07) is 8.01. The first-order valence-corrected chi connectivity index (χ1v) is 7.19. The van der Waals surface area contributed by atoms with Gasteiger partial charge in [-0.25, -0.2) is 5.06 Å². The molecule has 0 saturated heterocycles. The van der Waals surface area contributed by atoms with Gasteiger partial charge in [-0.1, -0.05) is 12.1 Å². The number of benzene rings is 2. The number of carbonyl (C=O) groups is 1. The van der Waals surface area contributed by atoms with Crippen LogP contribution in [0.2, 0.25) is 0 Å². The van der Waals surface area contributed by atoms with Gasteiger partial charge in [0.05, 0.1) is 16.9 Å². The van der Waals surface area contributed by atoms with Gasteiger partial charge in [0.25, 0.3) is 0 Å². The van der Waals surface area contributed by atoms with E-state index in [1.54, 1.807) is 0 Å². The van der Waals surface area contributed by atoms with Crippen molar-refractivity contribution in [2.75, 3.05) is 16.9 Å². The number of carbonyl (C=O) groups excluding carboxylic acids is 1. The summed E-state index contributed by atoms with van der Waals surface area (Å²) in [5, 5.41) is 29.3. The molecule has 0 saturated carbocycles. The zero-order valence-corrected chi connectivity index (χ0v) is 13.2. The van der Waals surface area contributed by atoms with Crippen molar-refractivity contribution in [3.8, 4) is 5.75 Å². The van der Waals surface area contributed by atoms with Gasteiger partial charge in [-0.3, -0.25) is 15.4 Å². The molecule has 0 fully saturated rings. The largest absolute Gasteiger partial charge is 0.506 e. The fourth-order valence-electron chi connectivity index (χ4n) is 2.15. The number of amides is 1. The Bertz CT molecular complexity index is 840. The van der Waals surface area contributed by atoms with Crippen molar-refractivity contribution in [1.29, 1.82) is 5.41 Å². The molecule has 1 amide bonds. The summed E-state index contributed by atoms with van der Waals surface area (Å²) in [5.74, 6) is -1.52. The minimum absolute atomic E-state index is 0.0970. The van der Waals surface area contributed by atoms with E-state index in [1.165, 1.54) is 24.3 Å². The van der Waals surface area contributed by atoms with Gasteiger partial charge >= 0.3 is 6.18 Å². The monoisotopic (exact) mass is 368 g/mol. The third-order valence-electron chi connectivity index (χ3n) is 3.36. The van der Waals surface area contributed by atoms with Crippen LogP contribution in [-0.4, -0.2) is 28.6 Å². The van der Waals surface area contributed by atoms with Crippen LogP contribution >= 0.6 is 0 Å². The summed E-state index contributed by atoms with van der Waals surface area (Å²) in [6.45, 7) is -0.823. The lowest BCUT2D eigenvalue weighted by Crippen LogP contribution is -2.32. The van der Waals surface area contributed by atoms with Crippen LogP contribution < -0.4 is 16.1 Å². The van der Waals surface area contributed by atoms with E-state index in [1.807, 2.05) is 0 Å². The van der Waals surface area contributed by atoms with Crippen LogP contribution in [0.5, 0.6) is 5.75 Å². The van der Waals surface area contributed by atoms with Crippen molar-refractivity contribution in [3.63, 3.8) is 0 Å². The summed E-state index contributed by atoms with van der Waals surface area (Å²) in [7, 11) is 0. The maximum absolute atomic E-state index is 13.0. The quantitative estimate of drug-likeness (QED) is 0.240. The zero-order chi connectivity index (χ0) is 19.5. The molecule has 0 aliphatic heterocycles. The number of phenols is 1. The number of rotatable bonds is 5. The van der Waals surface area contributed by atoms with Crippen molar-refractivity contribution >= 4 is 23.1 Å². The number of nitrogens with zero attached hydrogens (tertiary/aromatic N) is 1. The number of phenolic OH excluding ortho intramolecular Hbond substituents is 1. The summed E-state index contributed by atoms with van der Waals surface area (Å²) in [5.41, 5.74) is 3.75. The minimum Gasteiger partial charge on any atom is -0.506 e. The fourth-order valence-corrected chi connectivity index (χ4v) is 2.15. The van der Waals surface area contributed by atoms with Crippen molar-refractivity contribution < 1.29 is 28.3 Å². The summed E-state index contributed by atoms with van der Waals surface area (Å²) in [6.07, 6.45) is -4.71. The molecule has 0 spiro atoms. The van der Waals surface area contributed by atoms with Crippen LogP contribution in [0.4, 0.5) is 24.5 Å². The Kier molecular flexibility index (Phi) is 5.36. The number of alkyl halides is 3. The predicted molar refractivity (Wildman–Crippen MR) is 88.3 cm³/mol. The highest BCUT2D eigenvalue weighted by Crippen LogP contribution is 2.36. The van der Waals surface area contributed by atoms with E-state index in [-0.39, 0.29) is 27.9 Å². The molecule has 26 heavy (non-hydrogen) atoms. The lowest BCUT2D eigenvalue weighted by atomic mass is 10.1.